The fourth-order valence-electron chi connectivity index (χ4n) is 2.41. The molecule has 0 bridgehead atoms. The van der Waals surface area contributed by atoms with Crippen LogP contribution in [0.3, 0.4) is 0 Å². The summed E-state index contributed by atoms with van der Waals surface area (Å²) in [5, 5.41) is 4.61. The van der Waals surface area contributed by atoms with Crippen molar-refractivity contribution in [2.75, 3.05) is 0 Å². The zero-order valence-corrected chi connectivity index (χ0v) is 12.0. The number of thiazole rings is 1. The molecule has 0 saturated heterocycles. The highest BCUT2D eigenvalue weighted by Crippen LogP contribution is 2.44. The van der Waals surface area contributed by atoms with E-state index in [1.807, 2.05) is 12.1 Å². The Morgan fingerprint density at radius 3 is 2.55 bits per heavy atom. The third kappa shape index (κ3) is 2.63. The first-order chi connectivity index (χ1) is 9.79. The summed E-state index contributed by atoms with van der Waals surface area (Å²) in [4.78, 5) is 6.20. The largest absolute Gasteiger partial charge is 0.309 e. The number of halogens is 1. The van der Waals surface area contributed by atoms with E-state index < -0.39 is 0 Å². The summed E-state index contributed by atoms with van der Waals surface area (Å²) in [6.07, 6.45) is 5.15. The molecule has 2 aliphatic carbocycles. The highest BCUT2D eigenvalue weighted by atomic mass is 32.1. The van der Waals surface area contributed by atoms with Gasteiger partial charge in [0.15, 0.2) is 0 Å². The van der Waals surface area contributed by atoms with Crippen molar-refractivity contribution in [2.24, 2.45) is 0 Å². The molecule has 2 fully saturated rings. The van der Waals surface area contributed by atoms with Crippen LogP contribution in [0.4, 0.5) is 4.39 Å². The normalized spacial score (nSPS) is 18.4. The molecule has 2 aromatic rings. The van der Waals surface area contributed by atoms with Crippen molar-refractivity contribution < 1.29 is 4.39 Å². The topological polar surface area (TPSA) is 24.9 Å². The number of nitrogens with one attached hydrogen (secondary N) is 1. The zero-order chi connectivity index (χ0) is 13.5. The van der Waals surface area contributed by atoms with Gasteiger partial charge in [-0.1, -0.05) is 0 Å². The summed E-state index contributed by atoms with van der Waals surface area (Å²) in [6.45, 7) is 0.940. The van der Waals surface area contributed by atoms with E-state index in [1.54, 1.807) is 11.3 Å². The fraction of sp³-hybridized carbons (Fsp3) is 0.438. The van der Waals surface area contributed by atoms with Gasteiger partial charge in [0, 0.05) is 28.9 Å². The molecule has 1 aromatic carbocycles. The Morgan fingerprint density at radius 1 is 1.15 bits per heavy atom. The summed E-state index contributed by atoms with van der Waals surface area (Å²) in [5.74, 6) is 0.472. The quantitative estimate of drug-likeness (QED) is 0.896. The smallest absolute Gasteiger partial charge is 0.123 e. The molecular formula is C16H17FN2S. The van der Waals surface area contributed by atoms with Crippen LogP contribution in [0, 0.1) is 5.82 Å². The van der Waals surface area contributed by atoms with Crippen molar-refractivity contribution in [3.8, 4) is 10.6 Å². The van der Waals surface area contributed by atoms with Crippen LogP contribution in [0.25, 0.3) is 10.6 Å². The minimum Gasteiger partial charge on any atom is -0.309 e. The lowest BCUT2D eigenvalue weighted by molar-refractivity contribution is 0.628. The van der Waals surface area contributed by atoms with Crippen LogP contribution in [0.5, 0.6) is 0 Å². The molecule has 104 valence electrons. The molecule has 0 unspecified atom stereocenters. The third-order valence-corrected chi connectivity index (χ3v) is 5.03. The molecule has 1 N–H and O–H groups in total. The molecule has 0 radical (unpaired) electrons. The Bertz CT molecular complexity index is 612. The van der Waals surface area contributed by atoms with Crippen LogP contribution in [-0.2, 0) is 6.54 Å². The Morgan fingerprint density at radius 2 is 1.90 bits per heavy atom. The van der Waals surface area contributed by atoms with Gasteiger partial charge in [-0.3, -0.25) is 0 Å². The Kier molecular flexibility index (Phi) is 3.08. The van der Waals surface area contributed by atoms with E-state index in [0.717, 1.165) is 23.2 Å². The number of rotatable bonds is 5. The van der Waals surface area contributed by atoms with Crippen LogP contribution < -0.4 is 5.32 Å². The van der Waals surface area contributed by atoms with Crippen molar-refractivity contribution in [1.29, 1.82) is 0 Å². The molecule has 2 nitrogen and oxygen atoms in total. The Hall–Kier alpha value is -1.26. The van der Waals surface area contributed by atoms with Gasteiger partial charge in [-0.15, -0.1) is 11.3 Å². The average Bonchev–Trinajstić information content (AvgIpc) is 3.37. The van der Waals surface area contributed by atoms with Crippen LogP contribution in [0.1, 0.15) is 42.2 Å². The maximum absolute atomic E-state index is 13.0. The van der Waals surface area contributed by atoms with Crippen molar-refractivity contribution in [3.05, 3.63) is 40.7 Å². The minimum absolute atomic E-state index is 0.191. The number of hydrogen-bond donors (Lipinski definition) is 1. The third-order valence-electron chi connectivity index (χ3n) is 3.91. The molecule has 1 heterocycles. The molecule has 4 heteroatoms. The van der Waals surface area contributed by atoms with Gasteiger partial charge in [0.05, 0.1) is 5.69 Å². The van der Waals surface area contributed by atoms with Crippen LogP contribution in [0.15, 0.2) is 24.3 Å². The highest BCUT2D eigenvalue weighted by Gasteiger charge is 2.30. The van der Waals surface area contributed by atoms with Gasteiger partial charge < -0.3 is 5.32 Å². The van der Waals surface area contributed by atoms with E-state index in [1.165, 1.54) is 48.4 Å². The van der Waals surface area contributed by atoms with Gasteiger partial charge >= 0.3 is 0 Å². The standard InChI is InChI=1S/C16H17FN2S/c17-12-5-3-11(4-6-12)16-19-15(10-1-2-10)14(20-16)9-18-13-7-8-13/h3-6,10,13,18H,1-2,7-9H2. The maximum atomic E-state index is 13.0. The molecule has 2 aliphatic rings. The lowest BCUT2D eigenvalue weighted by atomic mass is 10.2. The summed E-state index contributed by atoms with van der Waals surface area (Å²) >= 11 is 1.76. The summed E-state index contributed by atoms with van der Waals surface area (Å²) in [5.41, 5.74) is 2.30. The van der Waals surface area contributed by atoms with Gasteiger partial charge in [-0.2, -0.15) is 0 Å². The predicted octanol–water partition coefficient (Wildman–Crippen LogP) is 4.08. The number of aromatic nitrogens is 1. The molecule has 4 rings (SSSR count). The Labute approximate surface area is 122 Å². The molecule has 1 aromatic heterocycles. The molecule has 0 spiro atoms. The van der Waals surface area contributed by atoms with Crippen LogP contribution in [0.2, 0.25) is 0 Å². The first-order valence-electron chi connectivity index (χ1n) is 7.28. The average molecular weight is 288 g/mol. The molecule has 2 saturated carbocycles. The van der Waals surface area contributed by atoms with Gasteiger partial charge in [-0.25, -0.2) is 9.37 Å². The lowest BCUT2D eigenvalue weighted by Crippen LogP contribution is -2.15. The summed E-state index contributed by atoms with van der Waals surface area (Å²) in [7, 11) is 0. The first kappa shape index (κ1) is 12.5. The second-order valence-electron chi connectivity index (χ2n) is 5.76. The van der Waals surface area contributed by atoms with E-state index in [0.29, 0.717) is 5.92 Å². The Balaban J connectivity index is 1.62. The van der Waals surface area contributed by atoms with Crippen molar-refractivity contribution in [1.82, 2.24) is 10.3 Å². The van der Waals surface area contributed by atoms with Crippen molar-refractivity contribution >= 4 is 11.3 Å². The zero-order valence-electron chi connectivity index (χ0n) is 11.2. The second kappa shape index (κ2) is 4.93. The van der Waals surface area contributed by atoms with Gasteiger partial charge in [-0.05, 0) is 49.9 Å². The van der Waals surface area contributed by atoms with E-state index in [9.17, 15) is 4.39 Å². The lowest BCUT2D eigenvalue weighted by Gasteiger charge is -2.01. The number of nitrogens with zero attached hydrogens (tertiary/aromatic N) is 1. The van der Waals surface area contributed by atoms with E-state index in [2.05, 4.69) is 5.32 Å². The summed E-state index contributed by atoms with van der Waals surface area (Å²) < 4.78 is 13.0. The SMILES string of the molecule is Fc1ccc(-c2nc(C3CC3)c(CNC3CC3)s2)cc1. The number of hydrogen-bond acceptors (Lipinski definition) is 3. The van der Waals surface area contributed by atoms with E-state index >= 15 is 0 Å². The molecule has 0 aliphatic heterocycles. The van der Waals surface area contributed by atoms with E-state index in [-0.39, 0.29) is 5.82 Å². The second-order valence-corrected chi connectivity index (χ2v) is 6.85. The maximum Gasteiger partial charge on any atom is 0.123 e. The molecule has 20 heavy (non-hydrogen) atoms. The first-order valence-corrected chi connectivity index (χ1v) is 8.10. The van der Waals surface area contributed by atoms with Gasteiger partial charge in [0.25, 0.3) is 0 Å². The minimum atomic E-state index is -0.191. The van der Waals surface area contributed by atoms with Crippen LogP contribution >= 0.6 is 11.3 Å². The predicted molar refractivity (Wildman–Crippen MR) is 79.3 cm³/mol. The van der Waals surface area contributed by atoms with Gasteiger partial charge in [0.2, 0.25) is 0 Å². The van der Waals surface area contributed by atoms with Crippen molar-refractivity contribution in [2.45, 2.75) is 44.2 Å². The van der Waals surface area contributed by atoms with Crippen LogP contribution in [-0.4, -0.2) is 11.0 Å². The monoisotopic (exact) mass is 288 g/mol. The van der Waals surface area contributed by atoms with Gasteiger partial charge in [0.1, 0.15) is 10.8 Å². The fourth-order valence-corrected chi connectivity index (χ4v) is 3.51. The molecule has 0 atom stereocenters. The van der Waals surface area contributed by atoms with E-state index in [4.69, 9.17) is 4.98 Å². The highest BCUT2D eigenvalue weighted by molar-refractivity contribution is 7.15. The van der Waals surface area contributed by atoms with Crippen molar-refractivity contribution in [3.63, 3.8) is 0 Å². The number of benzene rings is 1. The molecular weight excluding hydrogens is 271 g/mol. The summed E-state index contributed by atoms with van der Waals surface area (Å²) in [6, 6.07) is 7.38. The molecule has 0 amide bonds.